The molecule has 0 unspecified atom stereocenters. The topological polar surface area (TPSA) is 52.6 Å². The highest BCUT2D eigenvalue weighted by atomic mass is 19.1. The van der Waals surface area contributed by atoms with E-state index in [9.17, 15) is 18.7 Å². The van der Waals surface area contributed by atoms with Crippen molar-refractivity contribution in [2.45, 2.75) is 12.5 Å². The highest BCUT2D eigenvalue weighted by Gasteiger charge is 2.25. The molecule has 2 N–H and O–H groups in total. The first-order chi connectivity index (χ1) is 8.08. The number of aliphatic hydroxyl groups is 1. The average Bonchev–Trinajstić information content (AvgIpc) is 2.70. The number of carbonyl (C=O) groups excluding carboxylic acids is 1. The normalized spacial score (nSPS) is 19.5. The third kappa shape index (κ3) is 2.52. The first kappa shape index (κ1) is 11.8. The van der Waals surface area contributed by atoms with Crippen LogP contribution in [0.3, 0.4) is 0 Å². The van der Waals surface area contributed by atoms with Gasteiger partial charge in [-0.1, -0.05) is 6.07 Å². The summed E-state index contributed by atoms with van der Waals surface area (Å²) in [5.74, 6) is -1.64. The summed E-state index contributed by atoms with van der Waals surface area (Å²) in [6.45, 7) is 0.560. The van der Waals surface area contributed by atoms with Crippen molar-refractivity contribution in [3.63, 3.8) is 0 Å². The first-order valence-electron chi connectivity index (χ1n) is 5.26. The summed E-state index contributed by atoms with van der Waals surface area (Å²) in [7, 11) is 0. The second-order valence-corrected chi connectivity index (χ2v) is 3.92. The quantitative estimate of drug-likeness (QED) is 0.785. The summed E-state index contributed by atoms with van der Waals surface area (Å²) in [6, 6.07) is 2.75. The van der Waals surface area contributed by atoms with Gasteiger partial charge in [0.25, 0.3) is 0 Å². The van der Waals surface area contributed by atoms with Gasteiger partial charge < -0.3 is 15.3 Å². The maximum atomic E-state index is 13.3. The Balaban J connectivity index is 2.08. The van der Waals surface area contributed by atoms with Crippen LogP contribution in [0.15, 0.2) is 18.2 Å². The maximum Gasteiger partial charge on any atom is 0.322 e. The van der Waals surface area contributed by atoms with Crippen LogP contribution < -0.4 is 5.32 Å². The molecular weight excluding hydrogens is 230 g/mol. The van der Waals surface area contributed by atoms with Gasteiger partial charge in [0, 0.05) is 13.1 Å². The summed E-state index contributed by atoms with van der Waals surface area (Å²) in [5, 5.41) is 11.4. The molecular formula is C11H12F2N2O2. The number of nitrogens with zero attached hydrogens (tertiary/aromatic N) is 1. The summed E-state index contributed by atoms with van der Waals surface area (Å²) in [6.07, 6.45) is -0.0843. The fourth-order valence-corrected chi connectivity index (χ4v) is 1.73. The third-order valence-electron chi connectivity index (χ3n) is 2.65. The van der Waals surface area contributed by atoms with Crippen LogP contribution in [0.25, 0.3) is 0 Å². The van der Waals surface area contributed by atoms with E-state index < -0.39 is 29.5 Å². The molecule has 17 heavy (non-hydrogen) atoms. The molecule has 2 amide bonds. The molecule has 0 spiro atoms. The fourth-order valence-electron chi connectivity index (χ4n) is 1.73. The number of hydrogen-bond acceptors (Lipinski definition) is 2. The van der Waals surface area contributed by atoms with Gasteiger partial charge in [0.1, 0.15) is 17.3 Å². The van der Waals surface area contributed by atoms with Crippen molar-refractivity contribution in [3.8, 4) is 0 Å². The lowest BCUT2D eigenvalue weighted by molar-refractivity contribution is 0.176. The lowest BCUT2D eigenvalue weighted by Crippen LogP contribution is -2.34. The van der Waals surface area contributed by atoms with Crippen molar-refractivity contribution in [2.24, 2.45) is 0 Å². The molecule has 1 aliphatic heterocycles. The number of nitrogens with one attached hydrogen (secondary N) is 1. The Bertz CT molecular complexity index is 419. The van der Waals surface area contributed by atoms with E-state index in [1.54, 1.807) is 0 Å². The lowest BCUT2D eigenvalue weighted by atomic mass is 10.3. The van der Waals surface area contributed by atoms with Gasteiger partial charge in [0.15, 0.2) is 0 Å². The fraction of sp³-hybridized carbons (Fsp3) is 0.364. The largest absolute Gasteiger partial charge is 0.391 e. The zero-order valence-corrected chi connectivity index (χ0v) is 8.99. The molecule has 1 aromatic rings. The zero-order valence-electron chi connectivity index (χ0n) is 8.99. The maximum absolute atomic E-state index is 13.3. The van der Waals surface area contributed by atoms with Crippen LogP contribution in [-0.2, 0) is 0 Å². The number of urea groups is 1. The predicted molar refractivity (Wildman–Crippen MR) is 57.6 cm³/mol. The Morgan fingerprint density at radius 2 is 2.06 bits per heavy atom. The van der Waals surface area contributed by atoms with Crippen molar-refractivity contribution in [3.05, 3.63) is 29.8 Å². The van der Waals surface area contributed by atoms with Crippen molar-refractivity contribution in [1.82, 2.24) is 4.90 Å². The molecule has 1 aromatic carbocycles. The van der Waals surface area contributed by atoms with E-state index >= 15 is 0 Å². The Hall–Kier alpha value is -1.69. The Labute approximate surface area is 96.8 Å². The summed E-state index contributed by atoms with van der Waals surface area (Å²) in [4.78, 5) is 13.0. The van der Waals surface area contributed by atoms with Crippen LogP contribution in [0.1, 0.15) is 6.42 Å². The van der Waals surface area contributed by atoms with Gasteiger partial charge in [-0.25, -0.2) is 13.6 Å². The standard InChI is InChI=1S/C11H12F2N2O2/c12-8-2-1-3-9(13)10(8)14-11(17)15-5-4-7(16)6-15/h1-3,7,16H,4-6H2,(H,14,17)/t7-/m0/s1. The van der Waals surface area contributed by atoms with Gasteiger partial charge in [-0.15, -0.1) is 0 Å². The minimum Gasteiger partial charge on any atom is -0.391 e. The highest BCUT2D eigenvalue weighted by Crippen LogP contribution is 2.19. The minimum atomic E-state index is -0.821. The highest BCUT2D eigenvalue weighted by molar-refractivity contribution is 5.89. The number of para-hydroxylation sites is 1. The lowest BCUT2D eigenvalue weighted by Gasteiger charge is -2.16. The Morgan fingerprint density at radius 1 is 1.41 bits per heavy atom. The molecule has 0 aromatic heterocycles. The van der Waals surface area contributed by atoms with Gasteiger partial charge in [-0.05, 0) is 18.6 Å². The Morgan fingerprint density at radius 3 is 2.59 bits per heavy atom. The van der Waals surface area contributed by atoms with Crippen LogP contribution >= 0.6 is 0 Å². The first-order valence-corrected chi connectivity index (χ1v) is 5.26. The molecule has 1 saturated heterocycles. The molecule has 2 rings (SSSR count). The van der Waals surface area contributed by atoms with E-state index in [4.69, 9.17) is 0 Å². The molecule has 1 fully saturated rings. The van der Waals surface area contributed by atoms with E-state index in [2.05, 4.69) is 5.32 Å². The summed E-state index contributed by atoms with van der Waals surface area (Å²) in [5.41, 5.74) is -0.459. The van der Waals surface area contributed by atoms with Gasteiger partial charge in [0.05, 0.1) is 6.10 Å². The van der Waals surface area contributed by atoms with Crippen LogP contribution in [0.2, 0.25) is 0 Å². The van der Waals surface area contributed by atoms with Gasteiger partial charge in [0.2, 0.25) is 0 Å². The number of anilines is 1. The van der Waals surface area contributed by atoms with E-state index in [0.29, 0.717) is 13.0 Å². The van der Waals surface area contributed by atoms with Gasteiger partial charge in [-0.3, -0.25) is 0 Å². The van der Waals surface area contributed by atoms with Gasteiger partial charge >= 0.3 is 6.03 Å². The van der Waals surface area contributed by atoms with Crippen LogP contribution in [0, 0.1) is 11.6 Å². The van der Waals surface area contributed by atoms with Crippen molar-refractivity contribution >= 4 is 11.7 Å². The predicted octanol–water partition coefficient (Wildman–Crippen LogP) is 1.56. The number of rotatable bonds is 1. The van der Waals surface area contributed by atoms with E-state index in [1.165, 1.54) is 11.0 Å². The second-order valence-electron chi connectivity index (χ2n) is 3.92. The number of amides is 2. The van der Waals surface area contributed by atoms with Crippen molar-refractivity contribution < 1.29 is 18.7 Å². The molecule has 0 saturated carbocycles. The summed E-state index contributed by atoms with van der Waals surface area (Å²) < 4.78 is 26.5. The molecule has 4 nitrogen and oxygen atoms in total. The molecule has 0 radical (unpaired) electrons. The molecule has 0 aliphatic carbocycles. The number of benzene rings is 1. The van der Waals surface area contributed by atoms with Crippen LogP contribution in [-0.4, -0.2) is 35.2 Å². The SMILES string of the molecule is O=C(Nc1c(F)cccc1F)N1CC[C@H](O)C1. The summed E-state index contributed by atoms with van der Waals surface area (Å²) >= 11 is 0. The Kier molecular flexibility index (Phi) is 3.23. The molecule has 0 bridgehead atoms. The van der Waals surface area contributed by atoms with Gasteiger partial charge in [-0.2, -0.15) is 0 Å². The second kappa shape index (κ2) is 4.67. The van der Waals surface area contributed by atoms with Crippen molar-refractivity contribution in [2.75, 3.05) is 18.4 Å². The zero-order chi connectivity index (χ0) is 12.4. The molecule has 6 heteroatoms. The molecule has 1 atom stereocenters. The molecule has 1 heterocycles. The van der Waals surface area contributed by atoms with Crippen molar-refractivity contribution in [1.29, 1.82) is 0 Å². The average molecular weight is 242 g/mol. The molecule has 1 aliphatic rings. The number of hydrogen-bond donors (Lipinski definition) is 2. The molecule has 92 valence electrons. The third-order valence-corrected chi connectivity index (χ3v) is 2.65. The number of carbonyl (C=O) groups is 1. The van der Waals surface area contributed by atoms with E-state index in [0.717, 1.165) is 12.1 Å². The van der Waals surface area contributed by atoms with E-state index in [1.807, 2.05) is 0 Å². The smallest absolute Gasteiger partial charge is 0.322 e. The minimum absolute atomic E-state index is 0.182. The number of aliphatic hydroxyl groups excluding tert-OH is 1. The van der Waals surface area contributed by atoms with Crippen LogP contribution in [0.4, 0.5) is 19.3 Å². The number of halogens is 2. The monoisotopic (exact) mass is 242 g/mol. The number of β-amino-alcohol motifs (C(OH)–C–C–N with tert-alkyl or cyclic N) is 1. The van der Waals surface area contributed by atoms with E-state index in [-0.39, 0.29) is 6.54 Å². The number of likely N-dealkylation sites (tertiary alicyclic amines) is 1. The van der Waals surface area contributed by atoms with Crippen LogP contribution in [0.5, 0.6) is 0 Å².